The molecule has 1 heterocycles. The summed E-state index contributed by atoms with van der Waals surface area (Å²) >= 11 is 0. The van der Waals surface area contributed by atoms with Crippen LogP contribution in [0.25, 0.3) is 0 Å². The van der Waals surface area contributed by atoms with Gasteiger partial charge in [0.2, 0.25) is 5.90 Å². The van der Waals surface area contributed by atoms with Gasteiger partial charge in [0.15, 0.2) is 21.5 Å². The van der Waals surface area contributed by atoms with Crippen molar-refractivity contribution in [2.75, 3.05) is 40.3 Å². The quantitative estimate of drug-likeness (QED) is 0.157. The predicted molar refractivity (Wildman–Crippen MR) is 184 cm³/mol. The molecule has 0 spiro atoms. The molecule has 0 aliphatic carbocycles. The van der Waals surface area contributed by atoms with Crippen LogP contribution in [0.2, 0.25) is 0 Å². The molecule has 5 rings (SSSR count). The molecule has 0 unspecified atom stereocenters. The maximum absolute atomic E-state index is 14.6. The van der Waals surface area contributed by atoms with Gasteiger partial charge >= 0.3 is 0 Å². The Morgan fingerprint density at radius 3 is 2.20 bits per heavy atom. The van der Waals surface area contributed by atoms with Crippen molar-refractivity contribution in [1.29, 1.82) is 0 Å². The Morgan fingerprint density at radius 2 is 1.55 bits per heavy atom. The zero-order valence-corrected chi connectivity index (χ0v) is 28.4. The van der Waals surface area contributed by atoms with E-state index in [1.54, 1.807) is 84.9 Å². The SMILES string of the molecule is COc1cc(CNC(=O)[C@]2(CCS(=O)(=O)c3ccccc3)N=C(c3ccc(OCCCO)cc3)O[C@@H]2c2cccc(OC)c2)cc(OC)c1. The predicted octanol–water partition coefficient (Wildman–Crippen LogP) is 4.91. The third kappa shape index (κ3) is 8.33. The molecule has 0 fully saturated rings. The maximum Gasteiger partial charge on any atom is 0.252 e. The summed E-state index contributed by atoms with van der Waals surface area (Å²) in [6.07, 6.45) is -0.708. The van der Waals surface area contributed by atoms with E-state index >= 15 is 0 Å². The first-order valence-corrected chi connectivity index (χ1v) is 17.4. The summed E-state index contributed by atoms with van der Waals surface area (Å²) in [5.41, 5.74) is 0.148. The molecule has 2 atom stereocenters. The number of carbonyl (C=O) groups excluding carboxylic acids is 1. The van der Waals surface area contributed by atoms with Crippen LogP contribution < -0.4 is 24.3 Å². The van der Waals surface area contributed by atoms with E-state index in [0.717, 1.165) is 0 Å². The number of nitrogens with zero attached hydrogens (tertiary/aromatic N) is 1. The molecule has 0 radical (unpaired) electrons. The lowest BCUT2D eigenvalue weighted by molar-refractivity contribution is -0.129. The van der Waals surface area contributed by atoms with E-state index in [2.05, 4.69) is 5.32 Å². The number of benzene rings is 4. The van der Waals surface area contributed by atoms with Crippen LogP contribution in [-0.2, 0) is 25.9 Å². The fourth-order valence-corrected chi connectivity index (χ4v) is 6.90. The minimum Gasteiger partial charge on any atom is -0.497 e. The third-order valence-electron chi connectivity index (χ3n) is 8.15. The van der Waals surface area contributed by atoms with E-state index in [1.165, 1.54) is 33.5 Å². The summed E-state index contributed by atoms with van der Waals surface area (Å²) in [4.78, 5) is 19.7. The molecule has 1 aliphatic rings. The lowest BCUT2D eigenvalue weighted by Crippen LogP contribution is -2.49. The van der Waals surface area contributed by atoms with E-state index in [-0.39, 0.29) is 36.1 Å². The lowest BCUT2D eigenvalue weighted by atomic mass is 9.85. The Balaban J connectivity index is 1.57. The molecule has 2 N–H and O–H groups in total. The highest BCUT2D eigenvalue weighted by atomic mass is 32.2. The smallest absolute Gasteiger partial charge is 0.252 e. The van der Waals surface area contributed by atoms with Gasteiger partial charge < -0.3 is 34.1 Å². The molecule has 11 nitrogen and oxygen atoms in total. The molecule has 258 valence electrons. The minimum atomic E-state index is -3.82. The molecule has 1 amide bonds. The summed E-state index contributed by atoms with van der Waals surface area (Å²) in [6, 6.07) is 27.5. The van der Waals surface area contributed by atoms with Crippen molar-refractivity contribution in [3.63, 3.8) is 0 Å². The molecule has 1 aliphatic heterocycles. The summed E-state index contributed by atoms with van der Waals surface area (Å²) in [7, 11) is 0.798. The number of hydrogen-bond acceptors (Lipinski definition) is 10. The number of methoxy groups -OCH3 is 3. The van der Waals surface area contributed by atoms with Crippen LogP contribution in [0.5, 0.6) is 23.0 Å². The van der Waals surface area contributed by atoms with E-state index in [0.29, 0.717) is 52.7 Å². The molecule has 0 saturated carbocycles. The fraction of sp³-hybridized carbons (Fsp3) is 0.297. The average molecular weight is 689 g/mol. The molecule has 0 bridgehead atoms. The number of nitrogens with one attached hydrogen (secondary N) is 1. The highest BCUT2D eigenvalue weighted by molar-refractivity contribution is 7.91. The topological polar surface area (TPSA) is 142 Å². The Labute approximate surface area is 286 Å². The standard InChI is InChI=1S/C37H40N2O9S/c1-44-30-10-7-9-28(23-30)34-37(17-20-49(42,43)33-11-5-4-6-12-33,36(41)38-25-26-21-31(45-2)24-32(22-26)46-3)39-35(48-34)27-13-15-29(16-14-27)47-19-8-18-40/h4-7,9-16,21-24,34,40H,8,17-20,25H2,1-3H3,(H,38,41)/t34-,37-/m1/s1. The second kappa shape index (κ2) is 15.9. The summed E-state index contributed by atoms with van der Waals surface area (Å²) in [5.74, 6) is 1.50. The highest BCUT2D eigenvalue weighted by Gasteiger charge is 2.53. The zero-order valence-electron chi connectivity index (χ0n) is 27.6. The van der Waals surface area contributed by atoms with Crippen molar-refractivity contribution in [2.24, 2.45) is 4.99 Å². The van der Waals surface area contributed by atoms with Crippen LogP contribution in [-0.4, -0.2) is 71.2 Å². The van der Waals surface area contributed by atoms with Crippen LogP contribution in [0.4, 0.5) is 0 Å². The van der Waals surface area contributed by atoms with Gasteiger partial charge in [-0.2, -0.15) is 0 Å². The van der Waals surface area contributed by atoms with Crippen molar-refractivity contribution >= 4 is 21.6 Å². The van der Waals surface area contributed by atoms with Crippen molar-refractivity contribution in [2.45, 2.75) is 35.9 Å². The summed E-state index contributed by atoms with van der Waals surface area (Å²) < 4.78 is 55.7. The normalized spacial score (nSPS) is 17.1. The van der Waals surface area contributed by atoms with E-state index in [1.807, 2.05) is 0 Å². The number of sulfone groups is 1. The first-order chi connectivity index (χ1) is 23.7. The van der Waals surface area contributed by atoms with Gasteiger partial charge in [0.1, 0.15) is 23.0 Å². The zero-order chi connectivity index (χ0) is 34.9. The monoisotopic (exact) mass is 688 g/mol. The highest BCUT2D eigenvalue weighted by Crippen LogP contribution is 2.44. The summed E-state index contributed by atoms with van der Waals surface area (Å²) in [6.45, 7) is 0.447. The molecule has 0 aromatic heterocycles. The van der Waals surface area contributed by atoms with Crippen molar-refractivity contribution in [1.82, 2.24) is 5.32 Å². The number of rotatable bonds is 16. The van der Waals surface area contributed by atoms with Crippen LogP contribution >= 0.6 is 0 Å². The molecule has 4 aromatic rings. The average Bonchev–Trinajstić information content (AvgIpc) is 3.54. The van der Waals surface area contributed by atoms with Gasteiger partial charge in [0, 0.05) is 37.6 Å². The maximum atomic E-state index is 14.6. The summed E-state index contributed by atoms with van der Waals surface area (Å²) in [5, 5.41) is 12.1. The minimum absolute atomic E-state index is 0.0177. The molecular formula is C37H40N2O9S. The first kappa shape index (κ1) is 35.2. The van der Waals surface area contributed by atoms with Gasteiger partial charge in [-0.05, 0) is 71.8 Å². The lowest BCUT2D eigenvalue weighted by Gasteiger charge is -2.31. The third-order valence-corrected chi connectivity index (χ3v) is 9.88. The number of amides is 1. The Bertz CT molecular complexity index is 1840. The van der Waals surface area contributed by atoms with Crippen LogP contribution in [0.1, 0.15) is 35.6 Å². The number of aliphatic imine (C=N–C) groups is 1. The number of aliphatic hydroxyl groups is 1. The van der Waals surface area contributed by atoms with E-state index < -0.39 is 27.4 Å². The van der Waals surface area contributed by atoms with Gasteiger partial charge in [0.05, 0.1) is 38.6 Å². The van der Waals surface area contributed by atoms with Crippen LogP contribution in [0, 0.1) is 0 Å². The van der Waals surface area contributed by atoms with Gasteiger partial charge in [-0.1, -0.05) is 30.3 Å². The van der Waals surface area contributed by atoms with Gasteiger partial charge in [-0.25, -0.2) is 13.4 Å². The second-order valence-electron chi connectivity index (χ2n) is 11.4. The number of ether oxygens (including phenoxy) is 5. The van der Waals surface area contributed by atoms with Crippen LogP contribution in [0.15, 0.2) is 107 Å². The Kier molecular flexibility index (Phi) is 11.4. The van der Waals surface area contributed by atoms with Crippen LogP contribution in [0.3, 0.4) is 0 Å². The molecule has 12 heteroatoms. The van der Waals surface area contributed by atoms with E-state index in [9.17, 15) is 13.2 Å². The molecule has 0 saturated heterocycles. The van der Waals surface area contributed by atoms with Crippen molar-refractivity contribution in [3.05, 3.63) is 114 Å². The Hall–Kier alpha value is -5.07. The van der Waals surface area contributed by atoms with Gasteiger partial charge in [-0.3, -0.25) is 4.79 Å². The number of hydrogen-bond donors (Lipinski definition) is 2. The molecular weight excluding hydrogens is 648 g/mol. The largest absolute Gasteiger partial charge is 0.497 e. The number of aliphatic hydroxyl groups excluding tert-OH is 1. The van der Waals surface area contributed by atoms with Gasteiger partial charge in [0.25, 0.3) is 5.91 Å². The molecule has 4 aromatic carbocycles. The first-order valence-electron chi connectivity index (χ1n) is 15.7. The van der Waals surface area contributed by atoms with E-state index in [4.69, 9.17) is 33.8 Å². The second-order valence-corrected chi connectivity index (χ2v) is 13.5. The fourth-order valence-electron chi connectivity index (χ4n) is 5.51. The van der Waals surface area contributed by atoms with Crippen molar-refractivity contribution < 1.29 is 42.0 Å². The Morgan fingerprint density at radius 1 is 0.857 bits per heavy atom. The van der Waals surface area contributed by atoms with Gasteiger partial charge in [-0.15, -0.1) is 0 Å². The molecule has 49 heavy (non-hydrogen) atoms. The number of carbonyl (C=O) groups is 1. The van der Waals surface area contributed by atoms with Crippen molar-refractivity contribution in [3.8, 4) is 23.0 Å².